The lowest BCUT2D eigenvalue weighted by molar-refractivity contribution is -0.124. The first-order valence-electron chi connectivity index (χ1n) is 22.2. The Morgan fingerprint density at radius 3 is 1.54 bits per heavy atom. The summed E-state index contributed by atoms with van der Waals surface area (Å²) in [7, 11) is -4.41. The van der Waals surface area contributed by atoms with E-state index in [0.29, 0.717) is 12.8 Å². The fourth-order valence-corrected chi connectivity index (χ4v) is 7.14. The van der Waals surface area contributed by atoms with Gasteiger partial charge in [0.25, 0.3) is 0 Å². The van der Waals surface area contributed by atoms with Gasteiger partial charge in [0.05, 0.1) is 37.9 Å². The van der Waals surface area contributed by atoms with Gasteiger partial charge in [-0.15, -0.1) is 0 Å². The van der Waals surface area contributed by atoms with Gasteiger partial charge >= 0.3 is 7.82 Å². The summed E-state index contributed by atoms with van der Waals surface area (Å²) in [5.41, 5.74) is 5.36. The number of aliphatic hydroxyl groups excluding tert-OH is 2. The maximum atomic E-state index is 12.8. The van der Waals surface area contributed by atoms with Crippen LogP contribution in [0.1, 0.15) is 200 Å². The zero-order valence-electron chi connectivity index (χ0n) is 34.8. The molecular weight excluding hydrogens is 699 g/mol. The van der Waals surface area contributed by atoms with Crippen LogP contribution in [0.25, 0.3) is 0 Å². The van der Waals surface area contributed by atoms with Crippen molar-refractivity contribution in [2.45, 2.75) is 218 Å². The molecule has 0 aromatic rings. The van der Waals surface area contributed by atoms with Crippen LogP contribution in [-0.2, 0) is 18.4 Å². The topological polar surface area (TPSA) is 151 Å². The van der Waals surface area contributed by atoms with Crippen molar-refractivity contribution in [1.29, 1.82) is 0 Å². The molecule has 0 heterocycles. The van der Waals surface area contributed by atoms with Gasteiger partial charge in [-0.25, -0.2) is 4.57 Å². The van der Waals surface area contributed by atoms with Gasteiger partial charge in [-0.1, -0.05) is 185 Å². The Morgan fingerprint density at radius 1 is 0.630 bits per heavy atom. The molecule has 0 aromatic carbocycles. The standard InChI is InChI=1S/C44H85N2O7P/c1-3-5-7-9-11-13-15-17-19-20-22-23-25-27-29-31-33-35-41(47)39-44(49)46-42(40-53-54(50,51)52-38-37-45)43(48)36-34-32-30-28-26-24-21-18-16-14-12-10-8-6-4-2/h16,18,26,28,34,36,41-43,47-48H,3-15,17,19-25,27,29-33,35,37-40,45H2,1-2H3,(H,46,49)(H,50,51)/b18-16+,28-26+,36-34+. The molecule has 0 radical (unpaired) electrons. The highest BCUT2D eigenvalue weighted by atomic mass is 31.2. The van der Waals surface area contributed by atoms with Crippen molar-refractivity contribution in [2.75, 3.05) is 19.8 Å². The molecule has 1 amide bonds. The molecular formula is C44H85N2O7P. The Balaban J connectivity index is 4.35. The minimum Gasteiger partial charge on any atom is -0.393 e. The third-order valence-electron chi connectivity index (χ3n) is 9.75. The van der Waals surface area contributed by atoms with E-state index in [1.807, 2.05) is 6.08 Å². The van der Waals surface area contributed by atoms with Crippen LogP contribution in [0.15, 0.2) is 36.5 Å². The second kappa shape index (κ2) is 39.9. The molecule has 54 heavy (non-hydrogen) atoms. The summed E-state index contributed by atoms with van der Waals surface area (Å²) >= 11 is 0. The van der Waals surface area contributed by atoms with Gasteiger partial charge in [0.1, 0.15) is 0 Å². The predicted molar refractivity (Wildman–Crippen MR) is 227 cm³/mol. The third-order valence-corrected chi connectivity index (χ3v) is 10.7. The van der Waals surface area contributed by atoms with Crippen molar-refractivity contribution < 1.29 is 33.5 Å². The summed E-state index contributed by atoms with van der Waals surface area (Å²) in [5, 5.41) is 24.0. The minimum absolute atomic E-state index is 0.0428. The van der Waals surface area contributed by atoms with Crippen LogP contribution in [-0.4, -0.2) is 59.0 Å². The van der Waals surface area contributed by atoms with Gasteiger partial charge in [-0.05, 0) is 44.9 Å². The average molecular weight is 785 g/mol. The van der Waals surface area contributed by atoms with E-state index in [9.17, 15) is 24.5 Å². The van der Waals surface area contributed by atoms with E-state index in [1.54, 1.807) is 6.08 Å². The van der Waals surface area contributed by atoms with Crippen LogP contribution in [0.4, 0.5) is 0 Å². The highest BCUT2D eigenvalue weighted by Crippen LogP contribution is 2.43. The van der Waals surface area contributed by atoms with Crippen molar-refractivity contribution in [2.24, 2.45) is 5.73 Å². The van der Waals surface area contributed by atoms with Gasteiger partial charge in [0.2, 0.25) is 5.91 Å². The molecule has 0 saturated heterocycles. The number of aliphatic hydroxyl groups is 2. The monoisotopic (exact) mass is 785 g/mol. The molecule has 0 aliphatic rings. The zero-order chi connectivity index (χ0) is 39.8. The lowest BCUT2D eigenvalue weighted by Gasteiger charge is -2.24. The fourth-order valence-electron chi connectivity index (χ4n) is 6.38. The lowest BCUT2D eigenvalue weighted by atomic mass is 10.0. The number of rotatable bonds is 41. The lowest BCUT2D eigenvalue weighted by Crippen LogP contribution is -2.46. The number of allylic oxidation sites excluding steroid dienone is 5. The van der Waals surface area contributed by atoms with Crippen molar-refractivity contribution >= 4 is 13.7 Å². The summed E-state index contributed by atoms with van der Waals surface area (Å²) in [5.74, 6) is -0.459. The number of carbonyl (C=O) groups excluding carboxylic acids is 1. The number of nitrogens with two attached hydrogens (primary N) is 1. The van der Waals surface area contributed by atoms with Gasteiger partial charge in [-0.3, -0.25) is 13.8 Å². The number of hydrogen-bond donors (Lipinski definition) is 5. The number of hydrogen-bond acceptors (Lipinski definition) is 7. The molecule has 9 nitrogen and oxygen atoms in total. The van der Waals surface area contributed by atoms with E-state index in [2.05, 4.69) is 43.5 Å². The Bertz CT molecular complexity index is 961. The summed E-state index contributed by atoms with van der Waals surface area (Å²) < 4.78 is 22.1. The molecule has 0 rings (SSSR count). The highest BCUT2D eigenvalue weighted by molar-refractivity contribution is 7.47. The van der Waals surface area contributed by atoms with Crippen molar-refractivity contribution in [1.82, 2.24) is 5.32 Å². The molecule has 4 unspecified atom stereocenters. The van der Waals surface area contributed by atoms with E-state index in [1.165, 1.54) is 122 Å². The Morgan fingerprint density at radius 2 is 1.06 bits per heavy atom. The van der Waals surface area contributed by atoms with Crippen molar-refractivity contribution in [3.8, 4) is 0 Å². The maximum Gasteiger partial charge on any atom is 0.472 e. The average Bonchev–Trinajstić information content (AvgIpc) is 3.15. The van der Waals surface area contributed by atoms with Crippen LogP contribution in [0.3, 0.4) is 0 Å². The van der Waals surface area contributed by atoms with Crippen molar-refractivity contribution in [3.63, 3.8) is 0 Å². The molecule has 0 bridgehead atoms. The zero-order valence-corrected chi connectivity index (χ0v) is 35.7. The molecule has 0 saturated carbocycles. The molecule has 0 fully saturated rings. The maximum absolute atomic E-state index is 12.8. The Kier molecular flexibility index (Phi) is 38.9. The largest absolute Gasteiger partial charge is 0.472 e. The van der Waals surface area contributed by atoms with Gasteiger partial charge < -0.3 is 26.2 Å². The van der Waals surface area contributed by atoms with E-state index >= 15 is 0 Å². The van der Waals surface area contributed by atoms with E-state index in [0.717, 1.165) is 44.9 Å². The molecule has 10 heteroatoms. The predicted octanol–water partition coefficient (Wildman–Crippen LogP) is 11.3. The molecule has 6 N–H and O–H groups in total. The van der Waals surface area contributed by atoms with E-state index in [4.69, 9.17) is 14.8 Å². The van der Waals surface area contributed by atoms with Crippen molar-refractivity contribution in [3.05, 3.63) is 36.5 Å². The second-order valence-electron chi connectivity index (χ2n) is 15.1. The Labute approximate surface area is 332 Å². The first-order chi connectivity index (χ1) is 26.3. The summed E-state index contributed by atoms with van der Waals surface area (Å²) in [6, 6.07) is -1.00. The molecule has 318 valence electrons. The molecule has 0 aliphatic carbocycles. The van der Waals surface area contributed by atoms with Crippen LogP contribution in [0.2, 0.25) is 0 Å². The number of amides is 1. The number of phosphoric ester groups is 1. The van der Waals surface area contributed by atoms with E-state index in [-0.39, 0.29) is 19.6 Å². The summed E-state index contributed by atoms with van der Waals surface area (Å²) in [4.78, 5) is 22.7. The highest BCUT2D eigenvalue weighted by Gasteiger charge is 2.27. The smallest absolute Gasteiger partial charge is 0.393 e. The van der Waals surface area contributed by atoms with Crippen LogP contribution >= 0.6 is 7.82 Å². The summed E-state index contributed by atoms with van der Waals surface area (Å²) in [6.45, 7) is 3.93. The van der Waals surface area contributed by atoms with Gasteiger partial charge in [-0.2, -0.15) is 0 Å². The fraction of sp³-hybridized carbons (Fsp3) is 0.841. The number of carbonyl (C=O) groups is 1. The van der Waals surface area contributed by atoms with Gasteiger partial charge in [0.15, 0.2) is 0 Å². The van der Waals surface area contributed by atoms with Crippen LogP contribution in [0.5, 0.6) is 0 Å². The molecule has 0 spiro atoms. The first kappa shape index (κ1) is 52.7. The minimum atomic E-state index is -4.41. The summed E-state index contributed by atoms with van der Waals surface area (Å²) in [6.07, 6.45) is 43.7. The number of unbranched alkanes of at least 4 members (excludes halogenated alkanes) is 23. The number of nitrogens with one attached hydrogen (secondary N) is 1. The van der Waals surface area contributed by atoms with Crippen LogP contribution < -0.4 is 11.1 Å². The molecule has 4 atom stereocenters. The van der Waals surface area contributed by atoms with E-state index < -0.39 is 38.6 Å². The molecule has 0 aliphatic heterocycles. The molecule has 0 aromatic heterocycles. The third kappa shape index (κ3) is 37.6. The normalized spacial score (nSPS) is 15.0. The Hall–Kier alpha value is -1.32. The first-order valence-corrected chi connectivity index (χ1v) is 23.7. The quantitative estimate of drug-likeness (QED) is 0.0233. The SMILES string of the molecule is CCCCCCC/C=C/CC/C=C/CC/C=C/C(O)C(COP(=O)(O)OCCN)NC(=O)CC(O)CCCCCCCCCCCCCCCCCCC. The van der Waals surface area contributed by atoms with Gasteiger partial charge in [0, 0.05) is 6.54 Å². The number of phosphoric acid groups is 1. The van der Waals surface area contributed by atoms with Crippen LogP contribution in [0, 0.1) is 0 Å². The second-order valence-corrected chi connectivity index (χ2v) is 16.5.